The van der Waals surface area contributed by atoms with Gasteiger partial charge in [0.15, 0.2) is 11.6 Å². The van der Waals surface area contributed by atoms with Gasteiger partial charge in [-0.05, 0) is 24.3 Å². The van der Waals surface area contributed by atoms with Gasteiger partial charge in [0.1, 0.15) is 5.75 Å². The number of hydrogen-bond donors (Lipinski definition) is 0. The predicted octanol–water partition coefficient (Wildman–Crippen LogP) is 3.68. The summed E-state index contributed by atoms with van der Waals surface area (Å²) in [5.74, 6) is -4.39. The molecule has 0 aliphatic rings. The maximum absolute atomic E-state index is 14.1. The molecule has 0 atom stereocenters. The number of carbonyl (C=O) groups is 2. The third-order valence-corrected chi connectivity index (χ3v) is 3.18. The van der Waals surface area contributed by atoms with Gasteiger partial charge in [0.05, 0.1) is 18.8 Å². The van der Waals surface area contributed by atoms with E-state index in [0.717, 1.165) is 18.2 Å². The summed E-state index contributed by atoms with van der Waals surface area (Å²) in [6.07, 6.45) is 1.29. The maximum Gasteiger partial charge on any atom is 0.346 e. The average molecular weight is 362 g/mol. The SMILES string of the molecule is C=CC(=O)OCCCOc1ccc(C(=O)Oc2ccccc2)c(F)c1F. The minimum Gasteiger partial charge on any atom is -0.490 e. The topological polar surface area (TPSA) is 61.8 Å². The number of benzene rings is 2. The van der Waals surface area contributed by atoms with Crippen LogP contribution in [0.4, 0.5) is 8.78 Å². The molecule has 0 aliphatic heterocycles. The van der Waals surface area contributed by atoms with Crippen molar-refractivity contribution in [3.8, 4) is 11.5 Å². The van der Waals surface area contributed by atoms with E-state index in [-0.39, 0.29) is 31.1 Å². The molecule has 0 aromatic heterocycles. The Bertz CT molecular complexity index is 790. The Morgan fingerprint density at radius 2 is 1.73 bits per heavy atom. The van der Waals surface area contributed by atoms with Crippen molar-refractivity contribution >= 4 is 11.9 Å². The zero-order chi connectivity index (χ0) is 18.9. The molecule has 5 nitrogen and oxygen atoms in total. The summed E-state index contributed by atoms with van der Waals surface area (Å²) in [6.45, 7) is 3.29. The van der Waals surface area contributed by atoms with Crippen molar-refractivity contribution in [3.63, 3.8) is 0 Å². The van der Waals surface area contributed by atoms with Crippen molar-refractivity contribution in [1.29, 1.82) is 0 Å². The van der Waals surface area contributed by atoms with Crippen molar-refractivity contribution in [2.75, 3.05) is 13.2 Å². The molecule has 0 unspecified atom stereocenters. The van der Waals surface area contributed by atoms with Crippen LogP contribution in [-0.2, 0) is 9.53 Å². The van der Waals surface area contributed by atoms with Crippen molar-refractivity contribution < 1.29 is 32.6 Å². The first-order chi connectivity index (χ1) is 12.5. The molecule has 0 saturated heterocycles. The summed E-state index contributed by atoms with van der Waals surface area (Å²) in [5.41, 5.74) is -0.543. The lowest BCUT2D eigenvalue weighted by Gasteiger charge is -2.10. The predicted molar refractivity (Wildman–Crippen MR) is 89.0 cm³/mol. The zero-order valence-corrected chi connectivity index (χ0v) is 13.7. The summed E-state index contributed by atoms with van der Waals surface area (Å²) in [7, 11) is 0. The van der Waals surface area contributed by atoms with E-state index in [1.165, 1.54) is 12.1 Å². The Labute approximate surface area is 148 Å². The fraction of sp³-hybridized carbons (Fsp3) is 0.158. The van der Waals surface area contributed by atoms with Crippen LogP contribution in [0, 0.1) is 11.6 Å². The van der Waals surface area contributed by atoms with E-state index in [1.807, 2.05) is 0 Å². The Hall–Kier alpha value is -3.22. The van der Waals surface area contributed by atoms with Crippen LogP contribution in [0.2, 0.25) is 0 Å². The van der Waals surface area contributed by atoms with Crippen LogP contribution in [0.15, 0.2) is 55.1 Å². The first-order valence-electron chi connectivity index (χ1n) is 7.70. The standard InChI is InChI=1S/C19H16F2O5/c1-2-16(22)25-12-6-11-24-15-10-9-14(17(20)18(15)21)19(23)26-13-7-4-3-5-8-13/h2-5,7-10H,1,6,11-12H2. The number of carbonyl (C=O) groups excluding carboxylic acids is 2. The number of ether oxygens (including phenoxy) is 3. The molecule has 2 aromatic carbocycles. The number of rotatable bonds is 8. The Morgan fingerprint density at radius 3 is 2.42 bits per heavy atom. The van der Waals surface area contributed by atoms with E-state index in [0.29, 0.717) is 0 Å². The lowest BCUT2D eigenvalue weighted by Crippen LogP contribution is -2.13. The third-order valence-electron chi connectivity index (χ3n) is 3.18. The van der Waals surface area contributed by atoms with Crippen LogP contribution in [0.5, 0.6) is 11.5 Å². The van der Waals surface area contributed by atoms with Gasteiger partial charge in [-0.2, -0.15) is 4.39 Å². The average Bonchev–Trinajstić information content (AvgIpc) is 2.65. The second-order valence-electron chi connectivity index (χ2n) is 5.02. The highest BCUT2D eigenvalue weighted by atomic mass is 19.2. The minimum absolute atomic E-state index is 0.00537. The first-order valence-corrected chi connectivity index (χ1v) is 7.70. The fourth-order valence-corrected chi connectivity index (χ4v) is 1.92. The molecule has 2 rings (SSSR count). The molecule has 0 saturated carbocycles. The van der Waals surface area contributed by atoms with Crippen molar-refractivity contribution in [2.45, 2.75) is 6.42 Å². The van der Waals surface area contributed by atoms with Crippen LogP contribution >= 0.6 is 0 Å². The van der Waals surface area contributed by atoms with Gasteiger partial charge >= 0.3 is 11.9 Å². The van der Waals surface area contributed by atoms with E-state index in [1.54, 1.807) is 18.2 Å². The fourth-order valence-electron chi connectivity index (χ4n) is 1.92. The van der Waals surface area contributed by atoms with Crippen LogP contribution in [0.3, 0.4) is 0 Å². The zero-order valence-electron chi connectivity index (χ0n) is 13.7. The van der Waals surface area contributed by atoms with Gasteiger partial charge in [-0.1, -0.05) is 24.8 Å². The van der Waals surface area contributed by atoms with Crippen molar-refractivity contribution in [2.24, 2.45) is 0 Å². The summed E-state index contributed by atoms with van der Waals surface area (Å²) in [5, 5.41) is 0. The van der Waals surface area contributed by atoms with Crippen LogP contribution in [0.25, 0.3) is 0 Å². The quantitative estimate of drug-likeness (QED) is 0.310. The highest BCUT2D eigenvalue weighted by Crippen LogP contribution is 2.24. The third kappa shape index (κ3) is 5.14. The molecular formula is C19H16F2O5. The molecule has 0 fully saturated rings. The van der Waals surface area contributed by atoms with E-state index >= 15 is 0 Å². The minimum atomic E-state index is -1.36. The number of para-hydroxylation sites is 1. The number of esters is 2. The molecule has 0 N–H and O–H groups in total. The summed E-state index contributed by atoms with van der Waals surface area (Å²) < 4.78 is 43.0. The van der Waals surface area contributed by atoms with Crippen LogP contribution in [0.1, 0.15) is 16.8 Å². The second-order valence-corrected chi connectivity index (χ2v) is 5.02. The van der Waals surface area contributed by atoms with Gasteiger partial charge in [-0.25, -0.2) is 14.0 Å². The van der Waals surface area contributed by atoms with E-state index in [9.17, 15) is 18.4 Å². The molecule has 7 heteroatoms. The highest BCUT2D eigenvalue weighted by molar-refractivity contribution is 5.91. The molecule has 0 spiro atoms. The lowest BCUT2D eigenvalue weighted by molar-refractivity contribution is -0.137. The van der Waals surface area contributed by atoms with E-state index < -0.39 is 29.1 Å². The summed E-state index contributed by atoms with van der Waals surface area (Å²) >= 11 is 0. The normalized spacial score (nSPS) is 10.1. The first kappa shape index (κ1) is 19.1. The molecule has 0 radical (unpaired) electrons. The maximum atomic E-state index is 14.1. The van der Waals surface area contributed by atoms with Crippen molar-refractivity contribution in [1.82, 2.24) is 0 Å². The smallest absolute Gasteiger partial charge is 0.346 e. The Morgan fingerprint density at radius 1 is 1.00 bits per heavy atom. The van der Waals surface area contributed by atoms with Crippen LogP contribution < -0.4 is 9.47 Å². The number of halogens is 2. The van der Waals surface area contributed by atoms with Gasteiger partial charge in [0.25, 0.3) is 0 Å². The molecular weight excluding hydrogens is 346 g/mol. The molecule has 0 aliphatic carbocycles. The van der Waals surface area contributed by atoms with E-state index in [2.05, 4.69) is 6.58 Å². The Balaban J connectivity index is 1.95. The molecule has 0 heterocycles. The van der Waals surface area contributed by atoms with Gasteiger partial charge in [-0.15, -0.1) is 0 Å². The van der Waals surface area contributed by atoms with Crippen LogP contribution in [-0.4, -0.2) is 25.2 Å². The van der Waals surface area contributed by atoms with Gasteiger partial charge < -0.3 is 14.2 Å². The highest BCUT2D eigenvalue weighted by Gasteiger charge is 2.21. The molecule has 0 amide bonds. The molecule has 2 aromatic rings. The molecule has 136 valence electrons. The monoisotopic (exact) mass is 362 g/mol. The second kappa shape index (κ2) is 9.31. The molecule has 26 heavy (non-hydrogen) atoms. The summed E-state index contributed by atoms with van der Waals surface area (Å²) in [4.78, 5) is 22.8. The largest absolute Gasteiger partial charge is 0.490 e. The van der Waals surface area contributed by atoms with Gasteiger partial charge in [-0.3, -0.25) is 0 Å². The van der Waals surface area contributed by atoms with Crippen molar-refractivity contribution in [3.05, 3.63) is 72.3 Å². The van der Waals surface area contributed by atoms with Gasteiger partial charge in [0.2, 0.25) is 5.82 Å². The molecule has 0 bridgehead atoms. The summed E-state index contributed by atoms with van der Waals surface area (Å²) in [6, 6.07) is 10.3. The Kier molecular flexibility index (Phi) is 6.84. The van der Waals surface area contributed by atoms with Gasteiger partial charge in [0, 0.05) is 12.5 Å². The van der Waals surface area contributed by atoms with E-state index in [4.69, 9.17) is 14.2 Å². The number of hydrogen-bond acceptors (Lipinski definition) is 5. The lowest BCUT2D eigenvalue weighted by atomic mass is 10.2.